The summed E-state index contributed by atoms with van der Waals surface area (Å²) in [4.78, 5) is 131. The topological polar surface area (TPSA) is 339 Å². The van der Waals surface area contributed by atoms with E-state index in [0.717, 1.165) is 39.0 Å². The van der Waals surface area contributed by atoms with Gasteiger partial charge in [0.1, 0.15) is 36.3 Å². The van der Waals surface area contributed by atoms with Crippen molar-refractivity contribution in [3.05, 3.63) is 35.4 Å². The van der Waals surface area contributed by atoms with Gasteiger partial charge in [-0.1, -0.05) is 45.9 Å². The molecule has 1 aromatic carbocycles. The number of primary amides is 1. The summed E-state index contributed by atoms with van der Waals surface area (Å²) < 4.78 is -0.989. The summed E-state index contributed by atoms with van der Waals surface area (Å²) in [5, 5.41) is 33.5. The van der Waals surface area contributed by atoms with Crippen LogP contribution >= 0.6 is 33.3 Å². The number of carboxylic acids is 2. The Morgan fingerprint density at radius 3 is 2.03 bits per heavy atom. The third kappa shape index (κ3) is 14.1. The fourth-order valence-corrected chi connectivity index (χ4v) is 9.28. The van der Waals surface area contributed by atoms with E-state index in [2.05, 4.69) is 31.9 Å². The quantitative estimate of drug-likeness (QED) is 0.109. The second-order valence-electron chi connectivity index (χ2n) is 13.8. The summed E-state index contributed by atoms with van der Waals surface area (Å²) >= 11 is 1.20. The van der Waals surface area contributed by atoms with Gasteiger partial charge < -0.3 is 58.5 Å². The molecule has 2 aliphatic heterocycles. The van der Waals surface area contributed by atoms with Crippen molar-refractivity contribution in [2.24, 2.45) is 11.5 Å². The molecule has 0 aliphatic carbocycles. The highest BCUT2D eigenvalue weighted by Crippen LogP contribution is 2.40. The fraction of sp³-hybridized carbons (Fsp3) is 0.529. The van der Waals surface area contributed by atoms with Gasteiger partial charge in [0, 0.05) is 36.1 Å². The van der Waals surface area contributed by atoms with Crippen LogP contribution in [0.15, 0.2) is 24.3 Å². The molecule has 3 rings (SSSR count). The number of hydrogen-bond acceptors (Lipinski definition) is 14. The molecule has 2 fully saturated rings. The van der Waals surface area contributed by atoms with Crippen molar-refractivity contribution >= 4 is 92.5 Å². The van der Waals surface area contributed by atoms with Gasteiger partial charge in [0.2, 0.25) is 47.3 Å². The number of nitrogens with zero attached hydrogens (tertiary/aromatic N) is 1. The number of carbonyl (C=O) groups is 10. The van der Waals surface area contributed by atoms with E-state index in [1.54, 1.807) is 38.1 Å². The molecule has 2 saturated heterocycles. The second kappa shape index (κ2) is 21.6. The standard InChI is InChI=1S/C34H47N9O12S3/c1-16(44)38-22-13-57-58-14-23(33(54)55)42-29(50)20(10-26(47)48)39-25(46)12-37-28(49)19(8-17-4-6-18(11-35)7-5-17)40-31(52)27-34(2,3)56-15-43(27)32(53)21(9-24(36)45)41-30(22)51/h4-7,19-23,27H,8-15,35H2,1-3H3,(H2,36,45)(H,37,49)(H,38,44)(H,39,46)(H,40,52)(H,41,51)(H,42,50)(H,47,48)(H,54,55)/t19-,20?,21+,22?,23-,27+/m0/s1. The average molecular weight is 870 g/mol. The first-order valence-corrected chi connectivity index (χ1v) is 21.1. The van der Waals surface area contributed by atoms with Crippen molar-refractivity contribution in [1.29, 1.82) is 0 Å². The second-order valence-corrected chi connectivity index (χ2v) is 17.9. The van der Waals surface area contributed by atoms with Gasteiger partial charge in [-0.25, -0.2) is 4.79 Å². The first-order valence-electron chi connectivity index (χ1n) is 17.7. The molecular weight excluding hydrogens is 823 g/mol. The fourth-order valence-electron chi connectivity index (χ4n) is 5.82. The minimum absolute atomic E-state index is 0.0801. The van der Waals surface area contributed by atoms with Crippen LogP contribution in [0.1, 0.15) is 44.7 Å². The Balaban J connectivity index is 2.07. The van der Waals surface area contributed by atoms with Crippen LogP contribution in [-0.2, 0) is 60.9 Å². The number of thioether (sulfide) groups is 1. The number of rotatable bonds is 9. The molecule has 24 heteroatoms. The molecule has 6 atom stereocenters. The zero-order valence-corrected chi connectivity index (χ0v) is 34.2. The number of nitrogens with two attached hydrogens (primary N) is 2. The number of hydrogen-bond donors (Lipinski definition) is 10. The van der Waals surface area contributed by atoms with Crippen LogP contribution in [-0.4, -0.2) is 139 Å². The molecule has 0 aromatic heterocycles. The summed E-state index contributed by atoms with van der Waals surface area (Å²) in [6.07, 6.45) is -1.77. The SMILES string of the molecule is CC(=O)NC1CSSC[C@@H](C(=O)O)NC(=O)C(CC(=O)O)NC(=O)CNC(=O)[C@H](Cc2ccc(CN)cc2)NC(=O)[C@H]2N(CSC2(C)C)C(=O)[C@@H](CC(N)=O)NC1=O. The van der Waals surface area contributed by atoms with E-state index < -0.39 is 120 Å². The molecule has 21 nitrogen and oxygen atoms in total. The maximum Gasteiger partial charge on any atom is 0.327 e. The highest BCUT2D eigenvalue weighted by molar-refractivity contribution is 8.76. The van der Waals surface area contributed by atoms with Crippen molar-refractivity contribution in [2.45, 2.75) is 87.6 Å². The van der Waals surface area contributed by atoms with Crippen molar-refractivity contribution in [1.82, 2.24) is 36.8 Å². The van der Waals surface area contributed by atoms with E-state index in [-0.39, 0.29) is 30.3 Å². The largest absolute Gasteiger partial charge is 0.481 e. The van der Waals surface area contributed by atoms with Gasteiger partial charge in [-0.15, -0.1) is 11.8 Å². The number of benzene rings is 1. The Morgan fingerprint density at radius 2 is 1.45 bits per heavy atom. The van der Waals surface area contributed by atoms with Gasteiger partial charge in [0.15, 0.2) is 0 Å². The smallest absolute Gasteiger partial charge is 0.327 e. The summed E-state index contributed by atoms with van der Waals surface area (Å²) in [6.45, 7) is 3.91. The molecule has 2 heterocycles. The number of aliphatic carboxylic acids is 2. The third-order valence-corrected chi connectivity index (χ3v) is 12.5. The average Bonchev–Trinajstić information content (AvgIpc) is 3.46. The van der Waals surface area contributed by atoms with E-state index in [4.69, 9.17) is 11.5 Å². The lowest BCUT2D eigenvalue weighted by molar-refractivity contribution is -0.144. The first kappa shape index (κ1) is 47.3. The summed E-state index contributed by atoms with van der Waals surface area (Å²) in [5.74, 6) is -10.9. The molecule has 0 spiro atoms. The molecule has 0 radical (unpaired) electrons. The van der Waals surface area contributed by atoms with Crippen molar-refractivity contribution < 1.29 is 58.2 Å². The molecule has 58 heavy (non-hydrogen) atoms. The van der Waals surface area contributed by atoms with Gasteiger partial charge in [0.25, 0.3) is 0 Å². The van der Waals surface area contributed by atoms with Gasteiger partial charge in [-0.2, -0.15) is 0 Å². The normalized spacial score (nSPS) is 25.5. The minimum atomic E-state index is -1.77. The number of nitrogens with one attached hydrogen (secondary N) is 6. The highest BCUT2D eigenvalue weighted by atomic mass is 33.1. The Hall–Kier alpha value is -5.07. The van der Waals surface area contributed by atoms with Crippen LogP contribution in [0, 0.1) is 0 Å². The van der Waals surface area contributed by atoms with Crippen LogP contribution in [0.5, 0.6) is 0 Å². The van der Waals surface area contributed by atoms with E-state index >= 15 is 0 Å². The van der Waals surface area contributed by atoms with Gasteiger partial charge in [0.05, 0.1) is 25.3 Å². The molecule has 0 saturated carbocycles. The van der Waals surface area contributed by atoms with Crippen LogP contribution in [0.4, 0.5) is 0 Å². The molecule has 12 N–H and O–H groups in total. The van der Waals surface area contributed by atoms with Crippen molar-refractivity contribution in [3.63, 3.8) is 0 Å². The predicted molar refractivity (Wildman–Crippen MR) is 212 cm³/mol. The molecule has 2 unspecified atom stereocenters. The van der Waals surface area contributed by atoms with E-state index in [0.29, 0.717) is 5.56 Å². The van der Waals surface area contributed by atoms with E-state index in [1.807, 2.05) is 0 Å². The number of carboxylic acid groups (broad SMARTS) is 2. The van der Waals surface area contributed by atoms with Crippen LogP contribution in [0.2, 0.25) is 0 Å². The van der Waals surface area contributed by atoms with Gasteiger partial charge in [-0.3, -0.25) is 43.2 Å². The molecule has 8 amide bonds. The zero-order chi connectivity index (χ0) is 43.3. The van der Waals surface area contributed by atoms with Crippen LogP contribution in [0.3, 0.4) is 0 Å². The maximum absolute atomic E-state index is 14.2. The third-order valence-electron chi connectivity index (χ3n) is 8.74. The van der Waals surface area contributed by atoms with Gasteiger partial charge in [-0.05, 0) is 25.0 Å². The Kier molecular flexibility index (Phi) is 17.6. The summed E-state index contributed by atoms with van der Waals surface area (Å²) in [7, 11) is 1.77. The van der Waals surface area contributed by atoms with Crippen LogP contribution < -0.4 is 43.4 Å². The van der Waals surface area contributed by atoms with Crippen molar-refractivity contribution in [2.75, 3.05) is 23.9 Å². The zero-order valence-electron chi connectivity index (χ0n) is 31.7. The number of fused-ring (bicyclic) bond motifs is 1. The Morgan fingerprint density at radius 1 is 0.828 bits per heavy atom. The number of amides is 8. The molecule has 2 aliphatic rings. The lowest BCUT2D eigenvalue weighted by atomic mass is 9.98. The molecular formula is C34H47N9O12S3. The first-order chi connectivity index (χ1) is 27.2. The predicted octanol–water partition coefficient (Wildman–Crippen LogP) is -3.24. The Bertz CT molecular complexity index is 1770. The summed E-state index contributed by atoms with van der Waals surface area (Å²) in [5.41, 5.74) is 12.5. The summed E-state index contributed by atoms with van der Waals surface area (Å²) in [6, 6.07) is -2.24. The Labute approximate surface area is 344 Å². The highest BCUT2D eigenvalue weighted by Gasteiger charge is 2.50. The minimum Gasteiger partial charge on any atom is -0.481 e. The van der Waals surface area contributed by atoms with Gasteiger partial charge >= 0.3 is 11.9 Å². The molecule has 318 valence electrons. The number of carbonyl (C=O) groups excluding carboxylic acids is 8. The molecule has 0 bridgehead atoms. The maximum atomic E-state index is 14.2. The molecule has 1 aromatic rings. The lowest BCUT2D eigenvalue weighted by Crippen LogP contribution is -2.61. The van der Waals surface area contributed by atoms with Crippen LogP contribution in [0.25, 0.3) is 0 Å². The lowest BCUT2D eigenvalue weighted by Gasteiger charge is -2.33. The van der Waals surface area contributed by atoms with Crippen molar-refractivity contribution in [3.8, 4) is 0 Å². The van der Waals surface area contributed by atoms with E-state index in [1.165, 1.54) is 11.8 Å². The monoisotopic (exact) mass is 869 g/mol. The van der Waals surface area contributed by atoms with E-state index in [9.17, 15) is 58.2 Å².